The van der Waals surface area contributed by atoms with Crippen molar-refractivity contribution in [3.05, 3.63) is 89.3 Å². The first-order valence-corrected chi connectivity index (χ1v) is 9.97. The third-order valence-electron chi connectivity index (χ3n) is 4.80. The zero-order valence-corrected chi connectivity index (χ0v) is 20.6. The average molecular weight is 478 g/mol. The van der Waals surface area contributed by atoms with Gasteiger partial charge >= 0.3 is 29.6 Å². The maximum Gasteiger partial charge on any atom is 1.00 e. The number of aliphatic hydroxyl groups excluding tert-OH is 2. The minimum atomic E-state index is -1.43. The van der Waals surface area contributed by atoms with Crippen molar-refractivity contribution in [2.45, 2.75) is 25.0 Å². The molecule has 0 saturated heterocycles. The molecule has 3 rings (SSSR count). The molecule has 0 aliphatic carbocycles. The SMILES string of the molecule is Cn1nnnc1C(/C=C/[C@@H](O)C[C@@H](O)CC(=O)[O-])=C(c1ccc(F)cc1)c1ccc(F)cc1.[Na+]. The topological polar surface area (TPSA) is 124 Å². The summed E-state index contributed by atoms with van der Waals surface area (Å²) >= 11 is 0. The van der Waals surface area contributed by atoms with E-state index in [0.717, 1.165) is 0 Å². The second kappa shape index (κ2) is 12.6. The molecule has 1 heterocycles. The van der Waals surface area contributed by atoms with Crippen LogP contribution >= 0.6 is 0 Å². The Morgan fingerprint density at radius 1 is 1.06 bits per heavy atom. The molecular formula is C23H21F2N4NaO4. The molecular weight excluding hydrogens is 457 g/mol. The monoisotopic (exact) mass is 478 g/mol. The molecule has 0 amide bonds. The molecule has 8 nitrogen and oxygen atoms in total. The number of carboxylic acid groups (broad SMARTS) is 1. The summed E-state index contributed by atoms with van der Waals surface area (Å²) in [6.07, 6.45) is -0.473. The first kappa shape index (κ1) is 27.5. The molecule has 0 bridgehead atoms. The van der Waals surface area contributed by atoms with Crippen LogP contribution in [-0.2, 0) is 11.8 Å². The van der Waals surface area contributed by atoms with Crippen molar-refractivity contribution in [1.82, 2.24) is 20.2 Å². The Kier molecular flexibility index (Phi) is 10.2. The third kappa shape index (κ3) is 7.37. The molecule has 0 aliphatic rings. The van der Waals surface area contributed by atoms with Gasteiger partial charge in [0.1, 0.15) is 11.6 Å². The van der Waals surface area contributed by atoms with Crippen molar-refractivity contribution in [3.63, 3.8) is 0 Å². The summed E-state index contributed by atoms with van der Waals surface area (Å²) in [4.78, 5) is 10.6. The Hall–Kier alpha value is -2.76. The predicted octanol–water partition coefficient (Wildman–Crippen LogP) is -1.74. The summed E-state index contributed by atoms with van der Waals surface area (Å²) in [5, 5.41) is 42.2. The largest absolute Gasteiger partial charge is 1.00 e. The number of carboxylic acids is 1. The van der Waals surface area contributed by atoms with Gasteiger partial charge in [0.05, 0.1) is 12.2 Å². The van der Waals surface area contributed by atoms with Crippen molar-refractivity contribution in [3.8, 4) is 0 Å². The van der Waals surface area contributed by atoms with Crippen LogP contribution in [0.2, 0.25) is 0 Å². The molecule has 2 N–H and O–H groups in total. The van der Waals surface area contributed by atoms with Crippen LogP contribution in [0.3, 0.4) is 0 Å². The van der Waals surface area contributed by atoms with Crippen molar-refractivity contribution in [2.24, 2.45) is 7.05 Å². The van der Waals surface area contributed by atoms with Crippen LogP contribution in [0.5, 0.6) is 0 Å². The fourth-order valence-corrected chi connectivity index (χ4v) is 3.28. The van der Waals surface area contributed by atoms with Crippen LogP contribution in [0, 0.1) is 11.6 Å². The van der Waals surface area contributed by atoms with Crippen LogP contribution < -0.4 is 34.7 Å². The number of aryl methyl sites for hydroxylation is 1. The normalized spacial score (nSPS) is 12.7. The number of benzene rings is 2. The van der Waals surface area contributed by atoms with E-state index in [0.29, 0.717) is 28.1 Å². The van der Waals surface area contributed by atoms with E-state index in [4.69, 9.17) is 0 Å². The Balaban J connectivity index is 0.00000408. The molecule has 2 atom stereocenters. The summed E-state index contributed by atoms with van der Waals surface area (Å²) in [5.74, 6) is -2.00. The quantitative estimate of drug-likeness (QED) is 0.276. The zero-order chi connectivity index (χ0) is 24.0. The van der Waals surface area contributed by atoms with Gasteiger partial charge < -0.3 is 20.1 Å². The molecule has 3 aromatic rings. The molecule has 0 spiro atoms. The number of allylic oxidation sites excluding steroid dienone is 2. The van der Waals surface area contributed by atoms with Crippen molar-refractivity contribution in [1.29, 1.82) is 0 Å². The molecule has 2 aromatic carbocycles. The van der Waals surface area contributed by atoms with Crippen molar-refractivity contribution in [2.75, 3.05) is 0 Å². The van der Waals surface area contributed by atoms with Gasteiger partial charge in [0.2, 0.25) is 0 Å². The first-order valence-electron chi connectivity index (χ1n) is 9.97. The van der Waals surface area contributed by atoms with Gasteiger partial charge in [-0.05, 0) is 51.4 Å². The minimum Gasteiger partial charge on any atom is -0.550 e. The van der Waals surface area contributed by atoms with E-state index in [-0.39, 0.29) is 36.0 Å². The number of halogens is 2. The van der Waals surface area contributed by atoms with Crippen LogP contribution in [0.4, 0.5) is 8.78 Å². The summed E-state index contributed by atoms with van der Waals surface area (Å²) in [7, 11) is 1.61. The molecule has 0 unspecified atom stereocenters. The molecule has 34 heavy (non-hydrogen) atoms. The molecule has 0 saturated carbocycles. The third-order valence-corrected chi connectivity index (χ3v) is 4.80. The Labute approximate surface area is 216 Å². The van der Waals surface area contributed by atoms with Gasteiger partial charge in [-0.15, -0.1) is 5.10 Å². The van der Waals surface area contributed by atoms with E-state index in [1.165, 1.54) is 41.1 Å². The van der Waals surface area contributed by atoms with Crippen molar-refractivity contribution < 1.29 is 58.5 Å². The fraction of sp³-hybridized carbons (Fsp3) is 0.217. The zero-order valence-electron chi connectivity index (χ0n) is 18.6. The average Bonchev–Trinajstić information content (AvgIpc) is 3.18. The molecule has 0 aliphatic heterocycles. The van der Waals surface area contributed by atoms with E-state index < -0.39 is 36.2 Å². The summed E-state index contributed by atoms with van der Waals surface area (Å²) in [6, 6.07) is 11.3. The first-order chi connectivity index (χ1) is 15.7. The van der Waals surface area contributed by atoms with E-state index >= 15 is 0 Å². The summed E-state index contributed by atoms with van der Waals surface area (Å²) < 4.78 is 28.6. The van der Waals surface area contributed by atoms with Gasteiger partial charge in [-0.2, -0.15) is 0 Å². The molecule has 11 heteroatoms. The standard InChI is InChI=1S/C23H22F2N4O4.Na/c1-29-23(26-27-28-29)20(11-10-18(30)12-19(31)13-21(32)33)22(14-2-6-16(24)7-3-14)15-4-8-17(25)9-5-15;/h2-11,18-19,30-31H,12-13H2,1H3,(H,32,33);/q;+1/p-1/b11-10+;/t18-,19-;/m1./s1. The smallest absolute Gasteiger partial charge is 0.550 e. The number of aliphatic carboxylic acids is 1. The Morgan fingerprint density at radius 2 is 1.59 bits per heavy atom. The number of rotatable bonds is 9. The van der Waals surface area contributed by atoms with E-state index in [1.807, 2.05) is 0 Å². The number of hydrogen-bond acceptors (Lipinski definition) is 7. The van der Waals surface area contributed by atoms with Gasteiger partial charge in [0.15, 0.2) is 5.82 Å². The molecule has 172 valence electrons. The number of carbonyl (C=O) groups is 1. The van der Waals surface area contributed by atoms with Gasteiger partial charge in [-0.25, -0.2) is 13.5 Å². The van der Waals surface area contributed by atoms with Crippen LogP contribution in [0.1, 0.15) is 29.8 Å². The van der Waals surface area contributed by atoms with Gasteiger partial charge in [-0.1, -0.05) is 36.4 Å². The molecule has 0 fully saturated rings. The number of nitrogens with zero attached hydrogens (tertiary/aromatic N) is 4. The Bertz CT molecular complexity index is 1120. The van der Waals surface area contributed by atoms with Gasteiger partial charge in [-0.3, -0.25) is 0 Å². The molecule has 1 aromatic heterocycles. The van der Waals surface area contributed by atoms with Crippen LogP contribution in [-0.4, -0.2) is 48.6 Å². The number of aliphatic hydroxyl groups is 2. The second-order valence-corrected chi connectivity index (χ2v) is 7.32. The maximum absolute atomic E-state index is 13.6. The van der Waals surface area contributed by atoms with Crippen molar-refractivity contribution >= 4 is 17.1 Å². The summed E-state index contributed by atoms with van der Waals surface area (Å²) in [5.41, 5.74) is 2.12. The van der Waals surface area contributed by atoms with Gasteiger partial charge in [0, 0.05) is 31.4 Å². The predicted molar refractivity (Wildman–Crippen MR) is 113 cm³/mol. The van der Waals surface area contributed by atoms with E-state index in [1.54, 1.807) is 31.3 Å². The second-order valence-electron chi connectivity index (χ2n) is 7.32. The van der Waals surface area contributed by atoms with E-state index in [9.17, 15) is 28.9 Å². The summed E-state index contributed by atoms with van der Waals surface area (Å²) in [6.45, 7) is 0. The van der Waals surface area contributed by atoms with Gasteiger partial charge in [0.25, 0.3) is 0 Å². The number of hydrogen-bond donors (Lipinski definition) is 2. The molecule has 0 radical (unpaired) electrons. The maximum atomic E-state index is 13.6. The van der Waals surface area contributed by atoms with E-state index in [2.05, 4.69) is 15.5 Å². The Morgan fingerprint density at radius 3 is 2.03 bits per heavy atom. The number of tetrazole rings is 1. The van der Waals surface area contributed by atoms with Crippen LogP contribution in [0.15, 0.2) is 60.7 Å². The number of carbonyl (C=O) groups excluding carboxylic acids is 1. The van der Waals surface area contributed by atoms with Crippen LogP contribution in [0.25, 0.3) is 11.1 Å². The fourth-order valence-electron chi connectivity index (χ4n) is 3.28. The minimum absolute atomic E-state index is 0. The number of aromatic nitrogens is 4.